The van der Waals surface area contributed by atoms with Crippen LogP contribution in [0, 0.1) is 5.92 Å². The van der Waals surface area contributed by atoms with Crippen LogP contribution in [-0.2, 0) is 0 Å². The standard InChI is InChI=1S/C20H32O2/c1-15-7-5-9-16(2)11-12-19(18(4)14-21)20(22)13-17(3)10-6-8-15/h8-9,13,19-22H,4-7,10-12,14H2,1-3H3/b15-8+,16-9-,17-13+/t19-,20-/m0/s1. The molecule has 0 aromatic carbocycles. The van der Waals surface area contributed by atoms with E-state index in [-0.39, 0.29) is 12.5 Å². The van der Waals surface area contributed by atoms with Crippen molar-refractivity contribution >= 4 is 0 Å². The molecule has 0 fully saturated rings. The van der Waals surface area contributed by atoms with Crippen molar-refractivity contribution in [1.29, 1.82) is 0 Å². The van der Waals surface area contributed by atoms with Crippen LogP contribution in [0.1, 0.15) is 59.3 Å². The van der Waals surface area contributed by atoms with Gasteiger partial charge in [-0.15, -0.1) is 0 Å². The van der Waals surface area contributed by atoms with E-state index >= 15 is 0 Å². The zero-order chi connectivity index (χ0) is 16.5. The van der Waals surface area contributed by atoms with Crippen LogP contribution in [0.4, 0.5) is 0 Å². The molecule has 1 rings (SSSR count). The van der Waals surface area contributed by atoms with Gasteiger partial charge in [-0.25, -0.2) is 0 Å². The summed E-state index contributed by atoms with van der Waals surface area (Å²) in [7, 11) is 0. The van der Waals surface area contributed by atoms with Gasteiger partial charge in [-0.1, -0.05) is 41.5 Å². The van der Waals surface area contributed by atoms with Crippen LogP contribution in [0.5, 0.6) is 0 Å². The SMILES string of the molecule is C=C(CO)[C@@H]1CC/C(C)=C\CC/C(C)=C/CC/C(C)=C/[C@@H]1O. The Kier molecular flexibility index (Phi) is 8.44. The maximum atomic E-state index is 10.5. The minimum absolute atomic E-state index is 0.0562. The van der Waals surface area contributed by atoms with E-state index in [2.05, 4.69) is 39.5 Å². The monoisotopic (exact) mass is 304 g/mol. The molecule has 0 saturated heterocycles. The molecule has 2 heteroatoms. The molecule has 0 aromatic heterocycles. The van der Waals surface area contributed by atoms with Gasteiger partial charge in [0.1, 0.15) is 0 Å². The maximum absolute atomic E-state index is 10.5. The molecule has 124 valence electrons. The molecule has 0 amide bonds. The van der Waals surface area contributed by atoms with E-state index in [9.17, 15) is 10.2 Å². The Labute approximate surface area is 135 Å². The van der Waals surface area contributed by atoms with Crippen molar-refractivity contribution in [1.82, 2.24) is 0 Å². The fraction of sp³-hybridized carbons (Fsp3) is 0.600. The van der Waals surface area contributed by atoms with E-state index in [1.807, 2.05) is 6.08 Å². The van der Waals surface area contributed by atoms with Crippen LogP contribution in [0.25, 0.3) is 0 Å². The smallest absolute Gasteiger partial charge is 0.0789 e. The zero-order valence-electron chi connectivity index (χ0n) is 14.4. The quantitative estimate of drug-likeness (QED) is 0.726. The van der Waals surface area contributed by atoms with E-state index in [1.165, 1.54) is 16.7 Å². The number of allylic oxidation sites excluding steroid dienone is 5. The Morgan fingerprint density at radius 2 is 1.59 bits per heavy atom. The molecule has 0 spiro atoms. The molecule has 1 aliphatic rings. The highest BCUT2D eigenvalue weighted by Crippen LogP contribution is 2.25. The summed E-state index contributed by atoms with van der Waals surface area (Å²) in [5.74, 6) is -0.0662. The van der Waals surface area contributed by atoms with Gasteiger partial charge in [-0.3, -0.25) is 0 Å². The summed E-state index contributed by atoms with van der Waals surface area (Å²) in [6.45, 7) is 10.3. The second kappa shape index (κ2) is 9.81. The molecule has 22 heavy (non-hydrogen) atoms. The van der Waals surface area contributed by atoms with Crippen molar-refractivity contribution in [2.24, 2.45) is 5.92 Å². The van der Waals surface area contributed by atoms with Crippen LogP contribution in [0.3, 0.4) is 0 Å². The van der Waals surface area contributed by atoms with Gasteiger partial charge in [-0.2, -0.15) is 0 Å². The van der Waals surface area contributed by atoms with Crippen molar-refractivity contribution in [2.75, 3.05) is 6.61 Å². The summed E-state index contributed by atoms with van der Waals surface area (Å²) in [6, 6.07) is 0. The first-order valence-corrected chi connectivity index (χ1v) is 8.39. The first-order valence-electron chi connectivity index (χ1n) is 8.39. The Hall–Kier alpha value is -1.12. The van der Waals surface area contributed by atoms with Crippen molar-refractivity contribution in [3.05, 3.63) is 47.1 Å². The topological polar surface area (TPSA) is 40.5 Å². The number of hydrogen-bond donors (Lipinski definition) is 2. The highest BCUT2D eigenvalue weighted by molar-refractivity contribution is 5.14. The van der Waals surface area contributed by atoms with Gasteiger partial charge in [0.05, 0.1) is 12.7 Å². The second-order valence-corrected chi connectivity index (χ2v) is 6.64. The summed E-state index contributed by atoms with van der Waals surface area (Å²) in [5, 5.41) is 19.9. The van der Waals surface area contributed by atoms with Gasteiger partial charge < -0.3 is 10.2 Å². The van der Waals surface area contributed by atoms with E-state index in [4.69, 9.17) is 0 Å². The van der Waals surface area contributed by atoms with Crippen LogP contribution < -0.4 is 0 Å². The van der Waals surface area contributed by atoms with Gasteiger partial charge in [0, 0.05) is 5.92 Å². The molecule has 0 radical (unpaired) electrons. The maximum Gasteiger partial charge on any atom is 0.0789 e. The minimum atomic E-state index is -0.555. The molecule has 2 N–H and O–H groups in total. The predicted octanol–water partition coefficient (Wildman–Crippen LogP) is 4.71. The molecule has 0 aliphatic heterocycles. The fourth-order valence-electron chi connectivity index (χ4n) is 2.90. The minimum Gasteiger partial charge on any atom is -0.392 e. The van der Waals surface area contributed by atoms with Gasteiger partial charge >= 0.3 is 0 Å². The Balaban J connectivity index is 2.93. The zero-order valence-corrected chi connectivity index (χ0v) is 14.4. The third-order valence-corrected chi connectivity index (χ3v) is 4.51. The first-order chi connectivity index (χ1) is 10.4. The molecular formula is C20H32O2. The third kappa shape index (κ3) is 6.76. The largest absolute Gasteiger partial charge is 0.392 e. The van der Waals surface area contributed by atoms with Crippen LogP contribution >= 0.6 is 0 Å². The van der Waals surface area contributed by atoms with Crippen LogP contribution in [0.15, 0.2) is 47.1 Å². The second-order valence-electron chi connectivity index (χ2n) is 6.64. The van der Waals surface area contributed by atoms with E-state index in [1.54, 1.807) is 0 Å². The summed E-state index contributed by atoms with van der Waals surface area (Å²) in [6.07, 6.45) is 12.0. The van der Waals surface area contributed by atoms with Gasteiger partial charge in [0.15, 0.2) is 0 Å². The lowest BCUT2D eigenvalue weighted by Gasteiger charge is -2.23. The molecule has 2 nitrogen and oxygen atoms in total. The molecule has 0 aromatic rings. The third-order valence-electron chi connectivity index (χ3n) is 4.51. The summed E-state index contributed by atoms with van der Waals surface area (Å²) < 4.78 is 0. The Morgan fingerprint density at radius 1 is 1.05 bits per heavy atom. The highest BCUT2D eigenvalue weighted by atomic mass is 16.3. The molecule has 0 bridgehead atoms. The molecule has 0 heterocycles. The van der Waals surface area contributed by atoms with Gasteiger partial charge in [-0.05, 0) is 64.9 Å². The number of aliphatic hydroxyl groups is 2. The Bertz CT molecular complexity index is 454. The molecule has 0 unspecified atom stereocenters. The molecule has 0 saturated carbocycles. The highest BCUT2D eigenvalue weighted by Gasteiger charge is 2.20. The van der Waals surface area contributed by atoms with Gasteiger partial charge in [0.2, 0.25) is 0 Å². The molecule has 2 atom stereocenters. The average Bonchev–Trinajstić information content (AvgIpc) is 2.46. The lowest BCUT2D eigenvalue weighted by Crippen LogP contribution is -2.22. The summed E-state index contributed by atoms with van der Waals surface area (Å²) in [5.41, 5.74) is 4.73. The number of aliphatic hydroxyl groups excluding tert-OH is 2. The average molecular weight is 304 g/mol. The van der Waals surface area contributed by atoms with E-state index in [0.29, 0.717) is 0 Å². The van der Waals surface area contributed by atoms with Gasteiger partial charge in [0.25, 0.3) is 0 Å². The van der Waals surface area contributed by atoms with E-state index < -0.39 is 6.10 Å². The van der Waals surface area contributed by atoms with Crippen molar-refractivity contribution < 1.29 is 10.2 Å². The van der Waals surface area contributed by atoms with E-state index in [0.717, 1.165) is 44.1 Å². The number of hydrogen-bond acceptors (Lipinski definition) is 2. The number of rotatable bonds is 2. The Morgan fingerprint density at radius 3 is 2.18 bits per heavy atom. The first kappa shape index (κ1) is 18.9. The summed E-state index contributed by atoms with van der Waals surface area (Å²) in [4.78, 5) is 0. The lowest BCUT2D eigenvalue weighted by molar-refractivity contribution is 0.155. The molecule has 1 aliphatic carbocycles. The van der Waals surface area contributed by atoms with Crippen molar-refractivity contribution in [3.8, 4) is 0 Å². The predicted molar refractivity (Wildman–Crippen MR) is 94.7 cm³/mol. The van der Waals surface area contributed by atoms with Crippen molar-refractivity contribution in [2.45, 2.75) is 65.4 Å². The summed E-state index contributed by atoms with van der Waals surface area (Å²) >= 11 is 0. The van der Waals surface area contributed by atoms with Crippen molar-refractivity contribution in [3.63, 3.8) is 0 Å². The lowest BCUT2D eigenvalue weighted by atomic mass is 9.87. The molecular weight excluding hydrogens is 272 g/mol. The van der Waals surface area contributed by atoms with Crippen LogP contribution in [-0.4, -0.2) is 22.9 Å². The normalized spacial score (nSPS) is 32.7. The van der Waals surface area contributed by atoms with Crippen LogP contribution in [0.2, 0.25) is 0 Å². The fourth-order valence-corrected chi connectivity index (χ4v) is 2.90.